The van der Waals surface area contributed by atoms with Crippen molar-refractivity contribution in [2.45, 2.75) is 6.42 Å². The Morgan fingerprint density at radius 3 is 2.78 bits per heavy atom. The number of hydrogen-bond donors (Lipinski definition) is 1. The fraction of sp³-hybridized carbons (Fsp3) is 0.125. The smallest absolute Gasteiger partial charge is 0.328 e. The van der Waals surface area contributed by atoms with Gasteiger partial charge in [0.15, 0.2) is 0 Å². The van der Waals surface area contributed by atoms with Crippen molar-refractivity contribution in [3.8, 4) is 11.4 Å². The first-order chi connectivity index (χ1) is 11.1. The number of hydrogen-bond acceptors (Lipinski definition) is 5. The molecule has 0 radical (unpaired) electrons. The zero-order chi connectivity index (χ0) is 16.2. The van der Waals surface area contributed by atoms with Gasteiger partial charge < -0.3 is 5.11 Å². The van der Waals surface area contributed by atoms with Crippen LogP contribution in [0.2, 0.25) is 0 Å². The maximum Gasteiger partial charge on any atom is 0.328 e. The summed E-state index contributed by atoms with van der Waals surface area (Å²) in [5.74, 6) is -0.424. The van der Waals surface area contributed by atoms with E-state index in [-0.39, 0.29) is 0 Å². The van der Waals surface area contributed by atoms with Gasteiger partial charge in [0.05, 0.1) is 7.05 Å². The summed E-state index contributed by atoms with van der Waals surface area (Å²) >= 11 is 1.53. The van der Waals surface area contributed by atoms with Crippen molar-refractivity contribution in [1.82, 2.24) is 20.2 Å². The fourth-order valence-electron chi connectivity index (χ4n) is 2.18. The number of aliphatic carboxylic acids is 1. The van der Waals surface area contributed by atoms with E-state index in [0.29, 0.717) is 5.82 Å². The molecule has 2 heterocycles. The summed E-state index contributed by atoms with van der Waals surface area (Å²) in [5, 5.41) is 21.0. The molecule has 0 saturated heterocycles. The molecular formula is C16H14N4O2S. The van der Waals surface area contributed by atoms with Crippen LogP contribution in [0, 0.1) is 0 Å². The normalized spacial score (nSPS) is 11.2. The van der Waals surface area contributed by atoms with Gasteiger partial charge in [-0.05, 0) is 22.9 Å². The molecule has 1 aromatic carbocycles. The lowest BCUT2D eigenvalue weighted by Crippen LogP contribution is -1.92. The second-order valence-electron chi connectivity index (χ2n) is 4.92. The Morgan fingerprint density at radius 2 is 2.13 bits per heavy atom. The van der Waals surface area contributed by atoms with Crippen LogP contribution in [0.25, 0.3) is 17.5 Å². The first kappa shape index (κ1) is 15.1. The van der Waals surface area contributed by atoms with Crippen molar-refractivity contribution in [3.05, 3.63) is 57.8 Å². The molecule has 0 saturated carbocycles. The molecular weight excluding hydrogens is 312 g/mol. The van der Waals surface area contributed by atoms with E-state index in [1.54, 1.807) is 13.1 Å². The molecule has 0 spiro atoms. The van der Waals surface area contributed by atoms with Crippen molar-refractivity contribution >= 4 is 23.4 Å². The maximum atomic E-state index is 10.7. The number of carboxylic acid groups (broad SMARTS) is 1. The predicted octanol–water partition coefficient (Wildman–Crippen LogP) is 2.63. The summed E-state index contributed by atoms with van der Waals surface area (Å²) in [6.07, 6.45) is 3.45. The first-order valence-electron chi connectivity index (χ1n) is 6.94. The molecule has 7 heteroatoms. The summed E-state index contributed by atoms with van der Waals surface area (Å²) in [6, 6.07) is 12.0. The lowest BCUT2D eigenvalue weighted by molar-refractivity contribution is -0.131. The standard InChI is InChI=1S/C16H14N4O2S/c1-20-18-16(17-19-20)13-10-12(7-8-15(21)22)23-14(13)9-11-5-3-2-4-6-11/h2-8,10H,9H2,1H3,(H,21,22). The van der Waals surface area contributed by atoms with Crippen molar-refractivity contribution in [2.24, 2.45) is 7.05 Å². The molecule has 0 unspecified atom stereocenters. The van der Waals surface area contributed by atoms with Gasteiger partial charge in [0.25, 0.3) is 0 Å². The highest BCUT2D eigenvalue weighted by Crippen LogP contribution is 2.32. The number of thiophene rings is 1. The number of aromatic nitrogens is 4. The highest BCUT2D eigenvalue weighted by Gasteiger charge is 2.15. The molecule has 0 bridgehead atoms. The Bertz CT molecular complexity index is 852. The molecule has 0 aliphatic rings. The van der Waals surface area contributed by atoms with Crippen LogP contribution in [0.15, 0.2) is 42.5 Å². The summed E-state index contributed by atoms with van der Waals surface area (Å²) in [6.45, 7) is 0. The molecule has 2 aromatic heterocycles. The van der Waals surface area contributed by atoms with Crippen LogP contribution in [0.5, 0.6) is 0 Å². The van der Waals surface area contributed by atoms with Gasteiger partial charge in [0.1, 0.15) is 0 Å². The summed E-state index contributed by atoms with van der Waals surface area (Å²) < 4.78 is 0. The van der Waals surface area contributed by atoms with Crippen LogP contribution in [-0.4, -0.2) is 31.3 Å². The van der Waals surface area contributed by atoms with Crippen LogP contribution >= 0.6 is 11.3 Å². The Balaban J connectivity index is 1.99. The van der Waals surface area contributed by atoms with E-state index >= 15 is 0 Å². The molecule has 0 atom stereocenters. The monoisotopic (exact) mass is 326 g/mol. The number of carboxylic acids is 1. The molecule has 3 rings (SSSR count). The topological polar surface area (TPSA) is 80.9 Å². The Hall–Kier alpha value is -2.80. The number of carbonyl (C=O) groups is 1. The van der Waals surface area contributed by atoms with Crippen LogP contribution in [-0.2, 0) is 18.3 Å². The van der Waals surface area contributed by atoms with E-state index in [4.69, 9.17) is 5.11 Å². The number of nitrogens with zero attached hydrogens (tertiary/aromatic N) is 4. The van der Waals surface area contributed by atoms with Gasteiger partial charge in [-0.2, -0.15) is 4.80 Å². The molecule has 1 N–H and O–H groups in total. The van der Waals surface area contributed by atoms with Gasteiger partial charge in [-0.1, -0.05) is 30.3 Å². The van der Waals surface area contributed by atoms with Gasteiger partial charge in [0, 0.05) is 27.8 Å². The number of tetrazole rings is 1. The van der Waals surface area contributed by atoms with Gasteiger partial charge in [-0.25, -0.2) is 4.79 Å². The molecule has 0 fully saturated rings. The van der Waals surface area contributed by atoms with Gasteiger partial charge >= 0.3 is 5.97 Å². The highest BCUT2D eigenvalue weighted by atomic mass is 32.1. The van der Waals surface area contributed by atoms with Gasteiger partial charge in [0.2, 0.25) is 5.82 Å². The van der Waals surface area contributed by atoms with E-state index < -0.39 is 5.97 Å². The number of benzene rings is 1. The van der Waals surface area contributed by atoms with E-state index in [2.05, 4.69) is 27.5 Å². The average molecular weight is 326 g/mol. The van der Waals surface area contributed by atoms with Crippen LogP contribution in [0.3, 0.4) is 0 Å². The number of rotatable bonds is 5. The Labute approximate surface area is 136 Å². The van der Waals surface area contributed by atoms with Crippen molar-refractivity contribution < 1.29 is 9.90 Å². The fourth-order valence-corrected chi connectivity index (χ4v) is 3.28. The van der Waals surface area contributed by atoms with Gasteiger partial charge in [-0.3, -0.25) is 0 Å². The SMILES string of the molecule is Cn1nnc(-c2cc(C=CC(=O)O)sc2Cc2ccccc2)n1. The molecule has 0 aliphatic carbocycles. The second-order valence-corrected chi connectivity index (χ2v) is 6.09. The first-order valence-corrected chi connectivity index (χ1v) is 7.75. The van der Waals surface area contributed by atoms with E-state index in [0.717, 1.165) is 27.8 Å². The van der Waals surface area contributed by atoms with Crippen LogP contribution in [0.4, 0.5) is 0 Å². The second kappa shape index (κ2) is 6.53. The Morgan fingerprint density at radius 1 is 1.35 bits per heavy atom. The average Bonchev–Trinajstić information content (AvgIpc) is 3.12. The minimum atomic E-state index is -0.970. The predicted molar refractivity (Wildman–Crippen MR) is 88.0 cm³/mol. The molecule has 23 heavy (non-hydrogen) atoms. The third-order valence-electron chi connectivity index (χ3n) is 3.17. The largest absolute Gasteiger partial charge is 0.478 e. The van der Waals surface area contributed by atoms with Crippen LogP contribution in [0.1, 0.15) is 15.3 Å². The van der Waals surface area contributed by atoms with E-state index in [1.807, 2.05) is 24.3 Å². The zero-order valence-electron chi connectivity index (χ0n) is 12.4. The van der Waals surface area contributed by atoms with Crippen molar-refractivity contribution in [3.63, 3.8) is 0 Å². The third-order valence-corrected chi connectivity index (χ3v) is 4.28. The van der Waals surface area contributed by atoms with Crippen molar-refractivity contribution in [2.75, 3.05) is 0 Å². The Kier molecular flexibility index (Phi) is 4.29. The summed E-state index contributed by atoms with van der Waals surface area (Å²) in [5.41, 5.74) is 2.06. The molecule has 116 valence electrons. The maximum absolute atomic E-state index is 10.7. The summed E-state index contributed by atoms with van der Waals surface area (Å²) in [4.78, 5) is 14.0. The van der Waals surface area contributed by atoms with Gasteiger partial charge in [-0.15, -0.1) is 21.5 Å². The number of aryl methyl sites for hydroxylation is 1. The quantitative estimate of drug-likeness (QED) is 0.729. The molecule has 0 aliphatic heterocycles. The highest BCUT2D eigenvalue weighted by molar-refractivity contribution is 7.13. The third kappa shape index (κ3) is 3.70. The minimum absolute atomic E-state index is 0.546. The zero-order valence-corrected chi connectivity index (χ0v) is 13.2. The molecule has 3 aromatic rings. The van der Waals surface area contributed by atoms with E-state index in [9.17, 15) is 4.79 Å². The van der Waals surface area contributed by atoms with Crippen molar-refractivity contribution in [1.29, 1.82) is 0 Å². The van der Waals surface area contributed by atoms with E-state index in [1.165, 1.54) is 21.7 Å². The molecule has 0 amide bonds. The van der Waals surface area contributed by atoms with Crippen LogP contribution < -0.4 is 0 Å². The minimum Gasteiger partial charge on any atom is -0.478 e. The lowest BCUT2D eigenvalue weighted by Gasteiger charge is -2.00. The lowest BCUT2D eigenvalue weighted by atomic mass is 10.1. The summed E-state index contributed by atoms with van der Waals surface area (Å²) in [7, 11) is 1.71. The molecule has 6 nitrogen and oxygen atoms in total.